The molecule has 1 fully saturated rings. The standard InChI is InChI=1S/C29H29FN6O4/c1-19-26(28(38)36(34(19)2)21-9-5-3-6-10-21)27(37)32-20-11-12-24(23(30)17-20)40-22-13-14-31-25(18-22)33-29(39)35-15-7-4-8-16-35/h3,5-6,9-14,17-18H,4,7-8,15-16H2,1-2H3,(H,32,37)(H,31,33,39). The van der Waals surface area contributed by atoms with Crippen molar-refractivity contribution in [3.05, 3.63) is 94.3 Å². The van der Waals surface area contributed by atoms with Gasteiger partial charge < -0.3 is 15.0 Å². The van der Waals surface area contributed by atoms with Gasteiger partial charge in [0.25, 0.3) is 11.5 Å². The Bertz CT molecular complexity index is 1610. The number of aromatic nitrogens is 3. The fourth-order valence-electron chi connectivity index (χ4n) is 4.64. The number of piperidine rings is 1. The third-order valence-electron chi connectivity index (χ3n) is 6.81. The number of carbonyl (C=O) groups is 2. The van der Waals surface area contributed by atoms with Crippen LogP contribution in [0.25, 0.3) is 5.69 Å². The van der Waals surface area contributed by atoms with E-state index < -0.39 is 17.3 Å². The van der Waals surface area contributed by atoms with E-state index in [-0.39, 0.29) is 34.6 Å². The summed E-state index contributed by atoms with van der Waals surface area (Å²) in [7, 11) is 1.69. The van der Waals surface area contributed by atoms with Gasteiger partial charge in [0.2, 0.25) is 0 Å². The van der Waals surface area contributed by atoms with Crippen molar-refractivity contribution in [3.63, 3.8) is 0 Å². The summed E-state index contributed by atoms with van der Waals surface area (Å²) in [4.78, 5) is 44.5. The maximum Gasteiger partial charge on any atom is 0.323 e. The second kappa shape index (κ2) is 11.4. The van der Waals surface area contributed by atoms with Crippen LogP contribution in [-0.4, -0.2) is 44.3 Å². The molecule has 0 bridgehead atoms. The number of pyridine rings is 1. The summed E-state index contributed by atoms with van der Waals surface area (Å²) in [6.07, 6.45) is 4.50. The number of hydrogen-bond acceptors (Lipinski definition) is 5. The molecule has 11 heteroatoms. The molecule has 0 radical (unpaired) electrons. The molecule has 10 nitrogen and oxygen atoms in total. The minimum absolute atomic E-state index is 0.0389. The first kappa shape index (κ1) is 26.7. The van der Waals surface area contributed by atoms with E-state index in [2.05, 4.69) is 15.6 Å². The van der Waals surface area contributed by atoms with Crippen molar-refractivity contribution < 1.29 is 18.7 Å². The number of carbonyl (C=O) groups excluding carboxylic acids is 2. The molecule has 4 aromatic rings. The lowest BCUT2D eigenvalue weighted by Crippen LogP contribution is -2.38. The fourth-order valence-corrected chi connectivity index (χ4v) is 4.64. The highest BCUT2D eigenvalue weighted by Gasteiger charge is 2.23. The molecule has 1 aliphatic rings. The van der Waals surface area contributed by atoms with Crippen molar-refractivity contribution >= 4 is 23.4 Å². The monoisotopic (exact) mass is 544 g/mol. The van der Waals surface area contributed by atoms with Crippen LogP contribution in [0.15, 0.2) is 71.7 Å². The van der Waals surface area contributed by atoms with Gasteiger partial charge in [-0.15, -0.1) is 0 Å². The maximum absolute atomic E-state index is 15.0. The molecular formula is C29H29FN6O4. The van der Waals surface area contributed by atoms with E-state index in [9.17, 15) is 18.8 Å². The summed E-state index contributed by atoms with van der Waals surface area (Å²) < 4.78 is 23.6. The molecule has 1 saturated heterocycles. The molecule has 2 aromatic heterocycles. The molecule has 5 rings (SSSR count). The molecule has 0 unspecified atom stereocenters. The van der Waals surface area contributed by atoms with Crippen molar-refractivity contribution in [2.75, 3.05) is 23.7 Å². The van der Waals surface area contributed by atoms with Crippen LogP contribution in [0.4, 0.5) is 20.7 Å². The second-order valence-electron chi connectivity index (χ2n) is 9.49. The van der Waals surface area contributed by atoms with Crippen molar-refractivity contribution in [1.29, 1.82) is 0 Å². The molecule has 3 heterocycles. The lowest BCUT2D eigenvalue weighted by Gasteiger charge is -2.26. The largest absolute Gasteiger partial charge is 0.454 e. The van der Waals surface area contributed by atoms with Crippen LogP contribution in [0, 0.1) is 12.7 Å². The van der Waals surface area contributed by atoms with Gasteiger partial charge in [-0.05, 0) is 56.5 Å². The van der Waals surface area contributed by atoms with Crippen LogP contribution in [0.5, 0.6) is 11.5 Å². The van der Waals surface area contributed by atoms with Gasteiger partial charge in [-0.1, -0.05) is 18.2 Å². The molecule has 0 aliphatic carbocycles. The zero-order chi connectivity index (χ0) is 28.2. The molecule has 3 amide bonds. The molecule has 40 heavy (non-hydrogen) atoms. The third kappa shape index (κ3) is 5.58. The average molecular weight is 545 g/mol. The first-order valence-electron chi connectivity index (χ1n) is 13.0. The number of benzene rings is 2. The number of rotatable bonds is 6. The SMILES string of the molecule is Cc1c(C(=O)Nc2ccc(Oc3ccnc(NC(=O)N4CCCCC4)c3)c(F)c2)c(=O)n(-c2ccccc2)n1C. The molecule has 2 aromatic carbocycles. The topological polar surface area (TPSA) is 110 Å². The van der Waals surface area contributed by atoms with Gasteiger partial charge in [0.15, 0.2) is 11.6 Å². The second-order valence-corrected chi connectivity index (χ2v) is 9.49. The average Bonchev–Trinajstić information content (AvgIpc) is 3.18. The Morgan fingerprint density at radius 2 is 1.73 bits per heavy atom. The predicted molar refractivity (Wildman–Crippen MR) is 149 cm³/mol. The molecular weight excluding hydrogens is 515 g/mol. The highest BCUT2D eigenvalue weighted by molar-refractivity contribution is 6.05. The summed E-state index contributed by atoms with van der Waals surface area (Å²) in [5.74, 6) is -0.887. The van der Waals surface area contributed by atoms with E-state index in [1.54, 1.807) is 53.9 Å². The number of likely N-dealkylation sites (tertiary alicyclic amines) is 1. The summed E-state index contributed by atoms with van der Waals surface area (Å²) in [6, 6.07) is 15.7. The van der Waals surface area contributed by atoms with E-state index >= 15 is 0 Å². The zero-order valence-corrected chi connectivity index (χ0v) is 22.2. The van der Waals surface area contributed by atoms with Crippen LogP contribution in [0.1, 0.15) is 35.3 Å². The molecule has 206 valence electrons. The maximum atomic E-state index is 15.0. The van der Waals surface area contributed by atoms with Crippen LogP contribution in [0.3, 0.4) is 0 Å². The highest BCUT2D eigenvalue weighted by Crippen LogP contribution is 2.28. The van der Waals surface area contributed by atoms with Crippen LogP contribution in [0.2, 0.25) is 0 Å². The lowest BCUT2D eigenvalue weighted by atomic mass is 10.1. The van der Waals surface area contributed by atoms with E-state index in [1.807, 2.05) is 6.07 Å². The van der Waals surface area contributed by atoms with E-state index in [4.69, 9.17) is 4.74 Å². The Morgan fingerprint density at radius 1 is 0.975 bits per heavy atom. The number of amides is 3. The normalized spacial score (nSPS) is 13.1. The summed E-state index contributed by atoms with van der Waals surface area (Å²) in [5, 5.41) is 5.35. The van der Waals surface area contributed by atoms with Crippen LogP contribution in [-0.2, 0) is 7.05 Å². The van der Waals surface area contributed by atoms with Crippen LogP contribution >= 0.6 is 0 Å². The molecule has 0 atom stereocenters. The number of para-hydroxylation sites is 1. The minimum Gasteiger partial charge on any atom is -0.454 e. The van der Waals surface area contributed by atoms with Crippen molar-refractivity contribution in [2.45, 2.75) is 26.2 Å². The van der Waals surface area contributed by atoms with E-state index in [0.29, 0.717) is 24.5 Å². The molecule has 1 aliphatic heterocycles. The smallest absolute Gasteiger partial charge is 0.323 e. The number of nitrogens with zero attached hydrogens (tertiary/aromatic N) is 4. The number of hydrogen-bond donors (Lipinski definition) is 2. The third-order valence-corrected chi connectivity index (χ3v) is 6.81. The Balaban J connectivity index is 1.28. The zero-order valence-electron chi connectivity index (χ0n) is 22.2. The van der Waals surface area contributed by atoms with Gasteiger partial charge in [0.1, 0.15) is 17.1 Å². The fraction of sp³-hybridized carbons (Fsp3) is 0.241. The van der Waals surface area contributed by atoms with Crippen molar-refractivity contribution in [2.24, 2.45) is 7.05 Å². The van der Waals surface area contributed by atoms with Gasteiger partial charge >= 0.3 is 6.03 Å². The van der Waals surface area contributed by atoms with Gasteiger partial charge in [-0.25, -0.2) is 18.9 Å². The quantitative estimate of drug-likeness (QED) is 0.352. The Labute approximate surface area is 230 Å². The van der Waals surface area contributed by atoms with Crippen molar-refractivity contribution in [1.82, 2.24) is 19.2 Å². The molecule has 0 spiro atoms. The Hall–Kier alpha value is -4.93. The molecule has 0 saturated carbocycles. The Morgan fingerprint density at radius 3 is 2.45 bits per heavy atom. The predicted octanol–water partition coefficient (Wildman–Crippen LogP) is 5.08. The number of nitrogens with one attached hydrogen (secondary N) is 2. The molecule has 2 N–H and O–H groups in total. The number of halogens is 1. The Kier molecular flexibility index (Phi) is 7.63. The summed E-state index contributed by atoms with van der Waals surface area (Å²) >= 11 is 0. The summed E-state index contributed by atoms with van der Waals surface area (Å²) in [5.41, 5.74) is 0.726. The van der Waals surface area contributed by atoms with E-state index in [0.717, 1.165) is 25.3 Å². The first-order valence-corrected chi connectivity index (χ1v) is 13.0. The number of ether oxygens (including phenoxy) is 1. The number of urea groups is 1. The van der Waals surface area contributed by atoms with Gasteiger partial charge in [-0.3, -0.25) is 19.6 Å². The van der Waals surface area contributed by atoms with Gasteiger partial charge in [0.05, 0.1) is 11.4 Å². The van der Waals surface area contributed by atoms with Crippen LogP contribution < -0.4 is 20.9 Å². The van der Waals surface area contributed by atoms with Crippen molar-refractivity contribution in [3.8, 4) is 17.2 Å². The van der Waals surface area contributed by atoms with Gasteiger partial charge in [-0.2, -0.15) is 0 Å². The highest BCUT2D eigenvalue weighted by atomic mass is 19.1. The lowest BCUT2D eigenvalue weighted by molar-refractivity contribution is 0.102. The van der Waals surface area contributed by atoms with E-state index in [1.165, 1.54) is 29.1 Å². The number of anilines is 2. The first-order chi connectivity index (χ1) is 19.3. The summed E-state index contributed by atoms with van der Waals surface area (Å²) in [6.45, 7) is 3.07. The minimum atomic E-state index is -0.722. The van der Waals surface area contributed by atoms with Gasteiger partial charge in [0, 0.05) is 44.2 Å².